The fourth-order valence-electron chi connectivity index (χ4n) is 5.12. The molecule has 172 valence electrons. The lowest BCUT2D eigenvalue weighted by atomic mass is 9.87. The van der Waals surface area contributed by atoms with Crippen molar-refractivity contribution in [3.05, 3.63) is 77.9 Å². The smallest absolute Gasteiger partial charge is 0.317 e. The Balaban J connectivity index is 1.22. The van der Waals surface area contributed by atoms with Gasteiger partial charge in [0.2, 0.25) is 0 Å². The summed E-state index contributed by atoms with van der Waals surface area (Å²) in [5.41, 5.74) is 3.24. The topological polar surface area (TPSA) is 73.8 Å². The van der Waals surface area contributed by atoms with Crippen molar-refractivity contribution in [2.75, 3.05) is 37.7 Å². The van der Waals surface area contributed by atoms with Crippen LogP contribution < -0.4 is 15.5 Å². The molecule has 0 aliphatic carbocycles. The van der Waals surface area contributed by atoms with Gasteiger partial charge in [0.15, 0.2) is 0 Å². The van der Waals surface area contributed by atoms with Crippen molar-refractivity contribution < 1.29 is 14.6 Å². The maximum absolute atomic E-state index is 11.0. The van der Waals surface area contributed by atoms with Gasteiger partial charge in [0, 0.05) is 30.9 Å². The number of aliphatic carboxylic acids is 1. The third-order valence-corrected chi connectivity index (χ3v) is 7.02. The van der Waals surface area contributed by atoms with Crippen LogP contribution in [0.4, 0.5) is 5.69 Å². The van der Waals surface area contributed by atoms with Crippen molar-refractivity contribution in [3.63, 3.8) is 0 Å². The largest absolute Gasteiger partial charge is 0.480 e. The molecule has 33 heavy (non-hydrogen) atoms. The first kappa shape index (κ1) is 21.9. The summed E-state index contributed by atoms with van der Waals surface area (Å²) < 4.78 is 5.40. The van der Waals surface area contributed by atoms with E-state index < -0.39 is 5.97 Å². The number of fused-ring (bicyclic) bond motifs is 1. The highest BCUT2D eigenvalue weighted by molar-refractivity contribution is 5.86. The molecule has 0 amide bonds. The van der Waals surface area contributed by atoms with Gasteiger partial charge in [-0.05, 0) is 47.4 Å². The van der Waals surface area contributed by atoms with Crippen molar-refractivity contribution in [3.8, 4) is 0 Å². The second-order valence-corrected chi connectivity index (χ2v) is 9.26. The van der Waals surface area contributed by atoms with Crippen LogP contribution in [0.15, 0.2) is 66.7 Å². The summed E-state index contributed by atoms with van der Waals surface area (Å²) in [4.78, 5) is 13.4. The van der Waals surface area contributed by atoms with Crippen LogP contribution in [-0.2, 0) is 15.1 Å². The predicted octanol–water partition coefficient (Wildman–Crippen LogP) is 3.67. The molecule has 0 spiro atoms. The van der Waals surface area contributed by atoms with E-state index in [1.165, 1.54) is 22.0 Å². The highest BCUT2D eigenvalue weighted by atomic mass is 16.5. The lowest BCUT2D eigenvalue weighted by Gasteiger charge is -2.42. The van der Waals surface area contributed by atoms with Gasteiger partial charge in [-0.2, -0.15) is 0 Å². The summed E-state index contributed by atoms with van der Waals surface area (Å²) in [5.74, 6) is -0.855. The SMILES string of the molecule is CC(N[C@H]1CCN(c2ccc(C3(NCC(=O)O)COC3)cc2)C1)c1cccc2ccccc12. The zero-order valence-electron chi connectivity index (χ0n) is 19.0. The Hall–Kier alpha value is -2.93. The van der Waals surface area contributed by atoms with Gasteiger partial charge < -0.3 is 20.1 Å². The number of carbonyl (C=O) groups is 1. The van der Waals surface area contributed by atoms with Gasteiger partial charge in [0.05, 0.1) is 25.3 Å². The van der Waals surface area contributed by atoms with Crippen LogP contribution in [0.2, 0.25) is 0 Å². The number of carboxylic acid groups (broad SMARTS) is 1. The zero-order valence-corrected chi connectivity index (χ0v) is 19.0. The highest BCUT2D eigenvalue weighted by Gasteiger charge is 2.40. The summed E-state index contributed by atoms with van der Waals surface area (Å²) in [7, 11) is 0. The molecule has 5 rings (SSSR count). The second kappa shape index (κ2) is 9.14. The standard InChI is InChI=1S/C27H31N3O3/c1-19(24-8-4-6-20-5-2-3-7-25(20)24)29-22-13-14-30(16-22)23-11-9-21(10-12-23)27(17-33-18-27)28-15-26(31)32/h2-12,19,22,28-29H,13-18H2,1H3,(H,31,32)/t19?,22-/m0/s1. The maximum atomic E-state index is 11.0. The Morgan fingerprint density at radius 3 is 2.61 bits per heavy atom. The van der Waals surface area contributed by atoms with Crippen LogP contribution in [0.3, 0.4) is 0 Å². The third kappa shape index (κ3) is 4.47. The van der Waals surface area contributed by atoms with Gasteiger partial charge in [-0.25, -0.2) is 0 Å². The number of rotatable bonds is 8. The Kier molecular flexibility index (Phi) is 6.06. The second-order valence-electron chi connectivity index (χ2n) is 9.26. The fourth-order valence-corrected chi connectivity index (χ4v) is 5.12. The van der Waals surface area contributed by atoms with E-state index in [-0.39, 0.29) is 18.1 Å². The highest BCUT2D eigenvalue weighted by Crippen LogP contribution is 2.32. The minimum atomic E-state index is -0.855. The molecule has 1 unspecified atom stereocenters. The normalized spacial score (nSPS) is 20.5. The fraction of sp³-hybridized carbons (Fsp3) is 0.370. The number of carboxylic acids is 1. The van der Waals surface area contributed by atoms with Crippen LogP contribution in [-0.4, -0.2) is 50.0 Å². The molecule has 6 heteroatoms. The van der Waals surface area contributed by atoms with E-state index in [4.69, 9.17) is 9.84 Å². The van der Waals surface area contributed by atoms with Crippen LogP contribution in [0, 0.1) is 0 Å². The minimum absolute atomic E-state index is 0.0700. The third-order valence-electron chi connectivity index (χ3n) is 7.02. The minimum Gasteiger partial charge on any atom is -0.480 e. The van der Waals surface area contributed by atoms with Crippen LogP contribution in [0.5, 0.6) is 0 Å². The summed E-state index contributed by atoms with van der Waals surface area (Å²) in [6.07, 6.45) is 1.11. The first-order valence-electron chi connectivity index (χ1n) is 11.7. The van der Waals surface area contributed by atoms with Crippen molar-refractivity contribution in [2.45, 2.75) is 31.0 Å². The molecule has 2 saturated heterocycles. The van der Waals surface area contributed by atoms with Gasteiger partial charge in [-0.15, -0.1) is 0 Å². The van der Waals surface area contributed by atoms with E-state index >= 15 is 0 Å². The first-order valence-corrected chi connectivity index (χ1v) is 11.7. The van der Waals surface area contributed by atoms with Gasteiger partial charge in [0.25, 0.3) is 0 Å². The van der Waals surface area contributed by atoms with E-state index in [1.54, 1.807) is 0 Å². The first-order chi connectivity index (χ1) is 16.0. The Morgan fingerprint density at radius 2 is 1.88 bits per heavy atom. The van der Waals surface area contributed by atoms with E-state index in [9.17, 15) is 4.79 Å². The average molecular weight is 446 g/mol. The average Bonchev–Trinajstić information content (AvgIpc) is 3.26. The molecule has 3 aromatic carbocycles. The monoisotopic (exact) mass is 445 g/mol. The summed E-state index contributed by atoms with van der Waals surface area (Å²) in [6.45, 7) is 5.18. The van der Waals surface area contributed by atoms with Crippen LogP contribution in [0.25, 0.3) is 10.8 Å². The molecule has 2 fully saturated rings. The number of hydrogen-bond donors (Lipinski definition) is 3. The predicted molar refractivity (Wildman–Crippen MR) is 131 cm³/mol. The maximum Gasteiger partial charge on any atom is 0.317 e. The molecular formula is C27H31N3O3. The van der Waals surface area contributed by atoms with Gasteiger partial charge in [0.1, 0.15) is 0 Å². The van der Waals surface area contributed by atoms with Crippen molar-refractivity contribution >= 4 is 22.4 Å². The molecule has 0 saturated carbocycles. The quantitative estimate of drug-likeness (QED) is 0.491. The number of nitrogens with zero attached hydrogens (tertiary/aromatic N) is 1. The number of nitrogens with one attached hydrogen (secondary N) is 2. The lowest BCUT2D eigenvalue weighted by molar-refractivity contribution is -0.138. The molecule has 0 aromatic heterocycles. The Morgan fingerprint density at radius 1 is 1.12 bits per heavy atom. The Labute approximate surface area is 194 Å². The molecule has 2 aliphatic heterocycles. The van der Waals surface area contributed by atoms with Crippen molar-refractivity contribution in [2.24, 2.45) is 0 Å². The molecule has 6 nitrogen and oxygen atoms in total. The van der Waals surface area contributed by atoms with Crippen LogP contribution >= 0.6 is 0 Å². The molecule has 3 aromatic rings. The molecule has 0 radical (unpaired) electrons. The zero-order chi connectivity index (χ0) is 22.8. The van der Waals surface area contributed by atoms with E-state index in [2.05, 4.69) is 89.2 Å². The summed E-state index contributed by atoms with van der Waals surface area (Å²) >= 11 is 0. The Bertz CT molecular complexity index is 1120. The molecule has 2 atom stereocenters. The van der Waals surface area contributed by atoms with Gasteiger partial charge in [-0.3, -0.25) is 10.1 Å². The van der Waals surface area contributed by atoms with Gasteiger partial charge in [-0.1, -0.05) is 54.6 Å². The molecular weight excluding hydrogens is 414 g/mol. The molecule has 3 N–H and O–H groups in total. The number of anilines is 1. The van der Waals surface area contributed by atoms with E-state index in [0.717, 1.165) is 25.1 Å². The van der Waals surface area contributed by atoms with E-state index in [1.807, 2.05) is 0 Å². The van der Waals surface area contributed by atoms with Crippen LogP contribution in [0.1, 0.15) is 30.5 Å². The lowest BCUT2D eigenvalue weighted by Crippen LogP contribution is -2.58. The molecule has 2 aliphatic rings. The molecule has 2 heterocycles. The van der Waals surface area contributed by atoms with Crippen molar-refractivity contribution in [1.82, 2.24) is 10.6 Å². The van der Waals surface area contributed by atoms with Gasteiger partial charge >= 0.3 is 5.97 Å². The summed E-state index contributed by atoms with van der Waals surface area (Å²) in [5, 5.41) is 18.6. The van der Waals surface area contributed by atoms with Crippen molar-refractivity contribution in [1.29, 1.82) is 0 Å². The summed E-state index contributed by atoms with van der Waals surface area (Å²) in [6, 6.07) is 24.3. The molecule has 0 bridgehead atoms. The number of hydrogen-bond acceptors (Lipinski definition) is 5. The van der Waals surface area contributed by atoms with E-state index in [0.29, 0.717) is 19.3 Å². The number of ether oxygens (including phenoxy) is 1. The number of benzene rings is 3.